The quantitative estimate of drug-likeness (QED) is 0.607. The van der Waals surface area contributed by atoms with Crippen molar-refractivity contribution < 1.29 is 0 Å². The third-order valence-corrected chi connectivity index (χ3v) is 3.42. The van der Waals surface area contributed by atoms with Crippen molar-refractivity contribution in [3.63, 3.8) is 0 Å². The molecule has 0 aromatic heterocycles. The molecule has 1 aromatic rings. The van der Waals surface area contributed by atoms with Crippen LogP contribution in [0.3, 0.4) is 0 Å². The lowest BCUT2D eigenvalue weighted by molar-refractivity contribution is 0.685. The van der Waals surface area contributed by atoms with Crippen LogP contribution in [0.1, 0.15) is 12.8 Å². The molecule has 0 radical (unpaired) electrons. The van der Waals surface area contributed by atoms with Gasteiger partial charge in [-0.3, -0.25) is 0 Å². The highest BCUT2D eigenvalue weighted by atomic mass is 35.5. The Morgan fingerprint density at radius 2 is 2.33 bits per heavy atom. The van der Waals surface area contributed by atoms with Gasteiger partial charge in [0.25, 0.3) is 0 Å². The smallest absolute Gasteiger partial charge is 0.0417 e. The topological polar surface area (TPSA) is 26.0 Å². The summed E-state index contributed by atoms with van der Waals surface area (Å²) >= 11 is 7.64. The van der Waals surface area contributed by atoms with Gasteiger partial charge in [-0.1, -0.05) is 23.7 Å². The van der Waals surface area contributed by atoms with Crippen LogP contribution < -0.4 is 5.73 Å². The molecular weight excluding hydrogens is 226 g/mol. The standard InChI is InChI=1S/C12H16ClNS/c1-2-3-6-11(14)9-15-12-7-4-5-10(13)8-12/h2,4-5,7-8,11H,1,3,6,9,14H2. The molecular formula is C12H16ClNS. The van der Waals surface area contributed by atoms with Crippen LogP contribution >= 0.6 is 23.4 Å². The van der Waals surface area contributed by atoms with Crippen molar-refractivity contribution in [2.45, 2.75) is 23.8 Å². The summed E-state index contributed by atoms with van der Waals surface area (Å²) in [5.74, 6) is 0.925. The van der Waals surface area contributed by atoms with Crippen molar-refractivity contribution in [3.05, 3.63) is 41.9 Å². The van der Waals surface area contributed by atoms with Gasteiger partial charge in [-0.05, 0) is 31.0 Å². The minimum Gasteiger partial charge on any atom is -0.327 e. The normalized spacial score (nSPS) is 12.4. The highest BCUT2D eigenvalue weighted by molar-refractivity contribution is 7.99. The molecule has 0 fully saturated rings. The Hall–Kier alpha value is -0.440. The molecule has 0 aliphatic rings. The average Bonchev–Trinajstić information content (AvgIpc) is 2.23. The second kappa shape index (κ2) is 6.94. The van der Waals surface area contributed by atoms with E-state index in [0.717, 1.165) is 23.6 Å². The van der Waals surface area contributed by atoms with Gasteiger partial charge in [0.15, 0.2) is 0 Å². The van der Waals surface area contributed by atoms with E-state index in [-0.39, 0.29) is 6.04 Å². The molecule has 0 aliphatic heterocycles. The molecule has 0 saturated carbocycles. The first-order valence-electron chi connectivity index (χ1n) is 4.97. The van der Waals surface area contributed by atoms with Crippen LogP contribution in [0.15, 0.2) is 41.8 Å². The average molecular weight is 242 g/mol. The maximum Gasteiger partial charge on any atom is 0.0417 e. The van der Waals surface area contributed by atoms with E-state index in [2.05, 4.69) is 12.6 Å². The number of rotatable bonds is 6. The molecule has 1 unspecified atom stereocenters. The first-order chi connectivity index (χ1) is 7.22. The highest BCUT2D eigenvalue weighted by Gasteiger charge is 2.02. The molecule has 0 spiro atoms. The molecule has 1 atom stereocenters. The minimum absolute atomic E-state index is 0.229. The van der Waals surface area contributed by atoms with Crippen molar-refractivity contribution in [1.82, 2.24) is 0 Å². The third-order valence-electron chi connectivity index (χ3n) is 2.00. The van der Waals surface area contributed by atoms with Crippen LogP contribution in [0.5, 0.6) is 0 Å². The number of thioether (sulfide) groups is 1. The van der Waals surface area contributed by atoms with Gasteiger partial charge in [-0.2, -0.15) is 0 Å². The third kappa shape index (κ3) is 5.26. The van der Waals surface area contributed by atoms with Crippen LogP contribution in [0.2, 0.25) is 5.02 Å². The zero-order chi connectivity index (χ0) is 11.1. The molecule has 0 amide bonds. The molecule has 82 valence electrons. The van der Waals surface area contributed by atoms with Crippen molar-refractivity contribution >= 4 is 23.4 Å². The summed E-state index contributed by atoms with van der Waals surface area (Å²) in [6.45, 7) is 3.68. The van der Waals surface area contributed by atoms with E-state index in [1.165, 1.54) is 4.90 Å². The molecule has 1 rings (SSSR count). The zero-order valence-corrected chi connectivity index (χ0v) is 10.2. The van der Waals surface area contributed by atoms with Gasteiger partial charge in [0.05, 0.1) is 0 Å². The summed E-state index contributed by atoms with van der Waals surface area (Å²) in [6.07, 6.45) is 3.89. The van der Waals surface area contributed by atoms with E-state index in [4.69, 9.17) is 17.3 Å². The van der Waals surface area contributed by atoms with Crippen molar-refractivity contribution in [2.24, 2.45) is 5.73 Å². The zero-order valence-electron chi connectivity index (χ0n) is 8.66. The monoisotopic (exact) mass is 241 g/mol. The van der Waals surface area contributed by atoms with E-state index < -0.39 is 0 Å². The van der Waals surface area contributed by atoms with E-state index in [1.54, 1.807) is 11.8 Å². The molecule has 0 heterocycles. The predicted molar refractivity (Wildman–Crippen MR) is 69.6 cm³/mol. The summed E-state index contributed by atoms with van der Waals surface area (Å²) < 4.78 is 0. The summed E-state index contributed by atoms with van der Waals surface area (Å²) in [7, 11) is 0. The molecule has 0 saturated heterocycles. The Morgan fingerprint density at radius 3 is 3.00 bits per heavy atom. The fourth-order valence-electron chi connectivity index (χ4n) is 1.18. The lowest BCUT2D eigenvalue weighted by Gasteiger charge is -2.09. The first-order valence-corrected chi connectivity index (χ1v) is 6.33. The molecule has 3 heteroatoms. The number of allylic oxidation sites excluding steroid dienone is 1. The Morgan fingerprint density at radius 1 is 1.53 bits per heavy atom. The van der Waals surface area contributed by atoms with Gasteiger partial charge in [-0.25, -0.2) is 0 Å². The van der Waals surface area contributed by atoms with Gasteiger partial charge in [0.1, 0.15) is 0 Å². The van der Waals surface area contributed by atoms with Crippen LogP contribution in [0.25, 0.3) is 0 Å². The fraction of sp³-hybridized carbons (Fsp3) is 0.333. The summed E-state index contributed by atoms with van der Waals surface area (Å²) in [4.78, 5) is 1.18. The molecule has 1 nitrogen and oxygen atoms in total. The molecule has 0 aliphatic carbocycles. The second-order valence-electron chi connectivity index (χ2n) is 3.39. The minimum atomic E-state index is 0.229. The molecule has 2 N–H and O–H groups in total. The Bertz CT molecular complexity index is 314. The number of benzene rings is 1. The Balaban J connectivity index is 2.33. The maximum absolute atomic E-state index is 5.94. The molecule has 15 heavy (non-hydrogen) atoms. The van der Waals surface area contributed by atoms with Crippen LogP contribution in [-0.2, 0) is 0 Å². The van der Waals surface area contributed by atoms with E-state index in [9.17, 15) is 0 Å². The van der Waals surface area contributed by atoms with Crippen molar-refractivity contribution in [3.8, 4) is 0 Å². The fourth-order valence-corrected chi connectivity index (χ4v) is 2.39. The van der Waals surface area contributed by atoms with Gasteiger partial charge in [-0.15, -0.1) is 18.3 Å². The summed E-state index contributed by atoms with van der Waals surface area (Å²) in [6, 6.07) is 8.08. The van der Waals surface area contributed by atoms with Gasteiger partial charge in [0.2, 0.25) is 0 Å². The summed E-state index contributed by atoms with van der Waals surface area (Å²) in [5, 5.41) is 0.777. The van der Waals surface area contributed by atoms with Gasteiger partial charge < -0.3 is 5.73 Å². The highest BCUT2D eigenvalue weighted by Crippen LogP contribution is 2.22. The first kappa shape index (κ1) is 12.6. The Kier molecular flexibility index (Phi) is 5.84. The van der Waals surface area contributed by atoms with Crippen LogP contribution in [-0.4, -0.2) is 11.8 Å². The molecule has 0 bridgehead atoms. The van der Waals surface area contributed by atoms with Crippen LogP contribution in [0, 0.1) is 0 Å². The number of halogens is 1. The second-order valence-corrected chi connectivity index (χ2v) is 4.92. The maximum atomic E-state index is 5.94. The SMILES string of the molecule is C=CCCC(N)CSc1cccc(Cl)c1. The number of hydrogen-bond acceptors (Lipinski definition) is 2. The van der Waals surface area contributed by atoms with Crippen molar-refractivity contribution in [2.75, 3.05) is 5.75 Å². The number of hydrogen-bond donors (Lipinski definition) is 1. The Labute approximate surface area is 101 Å². The van der Waals surface area contributed by atoms with Crippen LogP contribution in [0.4, 0.5) is 0 Å². The number of nitrogens with two attached hydrogens (primary N) is 1. The predicted octanol–water partition coefficient (Wildman–Crippen LogP) is 3.73. The lowest BCUT2D eigenvalue weighted by atomic mass is 10.2. The van der Waals surface area contributed by atoms with Gasteiger partial charge in [0, 0.05) is 21.7 Å². The van der Waals surface area contributed by atoms with E-state index in [1.807, 2.05) is 24.3 Å². The van der Waals surface area contributed by atoms with E-state index >= 15 is 0 Å². The van der Waals surface area contributed by atoms with E-state index in [0.29, 0.717) is 0 Å². The lowest BCUT2D eigenvalue weighted by Crippen LogP contribution is -2.22. The van der Waals surface area contributed by atoms with Crippen molar-refractivity contribution in [1.29, 1.82) is 0 Å². The largest absolute Gasteiger partial charge is 0.327 e. The summed E-state index contributed by atoms with van der Waals surface area (Å²) in [5.41, 5.74) is 5.94. The van der Waals surface area contributed by atoms with Gasteiger partial charge >= 0.3 is 0 Å². The molecule has 1 aromatic carbocycles.